The molecule has 3 nitrogen and oxygen atoms in total. The molecule has 6 heteroatoms. The summed E-state index contributed by atoms with van der Waals surface area (Å²) in [4.78, 5) is 0. The molecule has 0 spiro atoms. The predicted octanol–water partition coefficient (Wildman–Crippen LogP) is 4.06. The number of benzene rings is 1. The Hall–Kier alpha value is -0.0931. The number of halogens is 1. The maximum atomic E-state index is 10.3. The highest BCUT2D eigenvalue weighted by Gasteiger charge is 2.41. The molecule has 0 aliphatic heterocycles. The van der Waals surface area contributed by atoms with Crippen LogP contribution in [0.5, 0.6) is 11.5 Å². The van der Waals surface area contributed by atoms with E-state index in [0.29, 0.717) is 5.75 Å². The third-order valence-corrected chi connectivity index (χ3v) is 13.6. The molecule has 1 N–H and O–H groups in total. The molecule has 0 aliphatic rings. The number of hydrogen-bond donors (Lipinski definition) is 1. The number of phenols is 1. The number of phenolic OH excluding ortho intramolecular Hbond substituents is 1. The van der Waals surface area contributed by atoms with Crippen LogP contribution in [0, 0.1) is 0 Å². The van der Waals surface area contributed by atoms with Gasteiger partial charge in [0.05, 0.1) is 32.4 Å². The first kappa shape index (κ1) is 29.9. The van der Waals surface area contributed by atoms with Gasteiger partial charge in [-0.05, 0) is 57.0 Å². The van der Waals surface area contributed by atoms with Crippen LogP contribution in [0.25, 0.3) is 0 Å². The minimum absolute atomic E-state index is 0. The van der Waals surface area contributed by atoms with Crippen LogP contribution in [0.4, 0.5) is 0 Å². The van der Waals surface area contributed by atoms with E-state index in [0.717, 1.165) is 24.8 Å². The molecule has 176 valence electrons. The Bertz CT molecular complexity index is 562. The summed E-state index contributed by atoms with van der Waals surface area (Å²) in [7, 11) is -1.06. The lowest BCUT2D eigenvalue weighted by Crippen LogP contribution is -3.00. The third kappa shape index (κ3) is 10.0. The van der Waals surface area contributed by atoms with Crippen molar-refractivity contribution in [2.75, 3.05) is 32.2 Å². The van der Waals surface area contributed by atoms with Gasteiger partial charge in [0, 0.05) is 13.2 Å². The first-order valence-electron chi connectivity index (χ1n) is 11.7. The van der Waals surface area contributed by atoms with Crippen molar-refractivity contribution < 1.29 is 31.3 Å². The highest BCUT2D eigenvalue weighted by Crippen LogP contribution is 2.61. The first-order chi connectivity index (χ1) is 13.8. The van der Waals surface area contributed by atoms with Gasteiger partial charge in [-0.25, -0.2) is 0 Å². The molecule has 1 aromatic rings. The van der Waals surface area contributed by atoms with Crippen LogP contribution in [-0.4, -0.2) is 45.6 Å². The second-order valence-corrected chi connectivity index (χ2v) is 17.5. The Labute approximate surface area is 198 Å². The van der Waals surface area contributed by atoms with Gasteiger partial charge in [0.25, 0.3) is 0 Å². The molecule has 0 radical (unpaired) electrons. The lowest BCUT2D eigenvalue weighted by Gasteiger charge is -2.29. The highest BCUT2D eigenvalue weighted by atomic mass is 79.9. The van der Waals surface area contributed by atoms with Crippen molar-refractivity contribution in [2.45, 2.75) is 84.9 Å². The molecule has 0 fully saturated rings. The lowest BCUT2D eigenvalue weighted by atomic mass is 10.3. The summed E-state index contributed by atoms with van der Waals surface area (Å²) in [6, 6.07) is 6.96. The summed E-state index contributed by atoms with van der Waals surface area (Å²) in [5.74, 6) is 1.41. The van der Waals surface area contributed by atoms with E-state index in [2.05, 4.69) is 33.9 Å². The molecule has 0 atom stereocenters. The Morgan fingerprint density at radius 3 is 1.90 bits per heavy atom. The molecule has 30 heavy (non-hydrogen) atoms. The summed E-state index contributed by atoms with van der Waals surface area (Å²) in [6.07, 6.45) is 12.4. The molecule has 0 aliphatic carbocycles. The van der Waals surface area contributed by atoms with Crippen molar-refractivity contribution in [3.05, 3.63) is 18.2 Å². The smallest absolute Gasteiger partial charge is 0.186 e. The molecular formula is C24H46BrO3PSi. The van der Waals surface area contributed by atoms with Gasteiger partial charge in [0.15, 0.2) is 14.1 Å². The van der Waals surface area contributed by atoms with E-state index in [1.165, 1.54) is 62.3 Å². The molecular weight excluding hydrogens is 475 g/mol. The zero-order valence-electron chi connectivity index (χ0n) is 20.3. The summed E-state index contributed by atoms with van der Waals surface area (Å²) < 4.78 is 12.0. The summed E-state index contributed by atoms with van der Waals surface area (Å²) in [5.41, 5.74) is 0. The van der Waals surface area contributed by atoms with E-state index in [1.807, 2.05) is 19.2 Å². The zero-order valence-corrected chi connectivity index (χ0v) is 23.8. The number of aromatic hydroxyl groups is 1. The number of rotatable bonds is 16. The van der Waals surface area contributed by atoms with Crippen molar-refractivity contribution >= 4 is 20.9 Å². The van der Waals surface area contributed by atoms with E-state index in [9.17, 15) is 5.11 Å². The summed E-state index contributed by atoms with van der Waals surface area (Å²) >= 11 is 0. The number of ether oxygens (including phenoxy) is 1. The Morgan fingerprint density at radius 2 is 1.43 bits per heavy atom. The fraction of sp³-hybridized carbons (Fsp3) is 0.750. The van der Waals surface area contributed by atoms with E-state index in [-0.39, 0.29) is 17.0 Å². The average Bonchev–Trinajstić information content (AvgIpc) is 2.72. The monoisotopic (exact) mass is 520 g/mol. The van der Waals surface area contributed by atoms with E-state index < -0.39 is 15.6 Å². The number of hydrogen-bond acceptors (Lipinski definition) is 3. The van der Waals surface area contributed by atoms with E-state index >= 15 is 0 Å². The fourth-order valence-corrected chi connectivity index (χ4v) is 10.2. The SMILES string of the molecule is CCCC[P+](CCCC)(CCCC)c1cc(O)ccc1OCCC[Si](C)(C)OC.[Br-]. The molecule has 0 saturated carbocycles. The Kier molecular flexibility index (Phi) is 15.6. The second-order valence-electron chi connectivity index (χ2n) is 8.94. The molecule has 1 rings (SSSR count). The third-order valence-electron chi connectivity index (χ3n) is 6.01. The molecule has 0 aromatic heterocycles. The van der Waals surface area contributed by atoms with Crippen molar-refractivity contribution in [3.8, 4) is 11.5 Å². The van der Waals surface area contributed by atoms with Crippen LogP contribution in [0.3, 0.4) is 0 Å². The second kappa shape index (κ2) is 15.7. The van der Waals surface area contributed by atoms with Gasteiger partial charge in [-0.15, -0.1) is 0 Å². The van der Waals surface area contributed by atoms with Crippen molar-refractivity contribution in [3.63, 3.8) is 0 Å². The van der Waals surface area contributed by atoms with Gasteiger partial charge >= 0.3 is 0 Å². The largest absolute Gasteiger partial charge is 1.00 e. The van der Waals surface area contributed by atoms with E-state index in [4.69, 9.17) is 9.16 Å². The minimum atomic E-state index is -1.54. The van der Waals surface area contributed by atoms with Gasteiger partial charge in [-0.2, -0.15) is 0 Å². The van der Waals surface area contributed by atoms with Crippen LogP contribution in [0.2, 0.25) is 19.1 Å². The topological polar surface area (TPSA) is 38.7 Å². The van der Waals surface area contributed by atoms with Gasteiger partial charge in [-0.3, -0.25) is 0 Å². The fourth-order valence-electron chi connectivity index (χ4n) is 3.86. The van der Waals surface area contributed by atoms with Gasteiger partial charge in [-0.1, -0.05) is 40.0 Å². The highest BCUT2D eigenvalue weighted by molar-refractivity contribution is 7.83. The van der Waals surface area contributed by atoms with Gasteiger partial charge in [0.1, 0.15) is 11.1 Å². The van der Waals surface area contributed by atoms with Crippen LogP contribution in [0.1, 0.15) is 65.7 Å². The predicted molar refractivity (Wildman–Crippen MR) is 133 cm³/mol. The quantitative estimate of drug-likeness (QED) is 0.203. The van der Waals surface area contributed by atoms with Crippen LogP contribution in [-0.2, 0) is 4.43 Å². The van der Waals surface area contributed by atoms with Crippen LogP contribution in [0.15, 0.2) is 18.2 Å². The normalized spacial score (nSPS) is 11.9. The molecule has 0 unspecified atom stereocenters. The van der Waals surface area contributed by atoms with Gasteiger partial charge < -0.3 is 31.3 Å². The first-order valence-corrected chi connectivity index (χ1v) is 17.2. The zero-order chi connectivity index (χ0) is 21.8. The van der Waals surface area contributed by atoms with E-state index in [1.54, 1.807) is 6.07 Å². The molecule has 0 amide bonds. The van der Waals surface area contributed by atoms with Crippen molar-refractivity contribution in [2.24, 2.45) is 0 Å². The van der Waals surface area contributed by atoms with Crippen LogP contribution >= 0.6 is 7.26 Å². The minimum Gasteiger partial charge on any atom is -1.00 e. The van der Waals surface area contributed by atoms with Crippen molar-refractivity contribution in [1.29, 1.82) is 0 Å². The van der Waals surface area contributed by atoms with Gasteiger partial charge in [0.2, 0.25) is 0 Å². The Balaban J connectivity index is 0.00000841. The Morgan fingerprint density at radius 1 is 0.900 bits per heavy atom. The van der Waals surface area contributed by atoms with Crippen LogP contribution < -0.4 is 27.0 Å². The summed E-state index contributed by atoms with van der Waals surface area (Å²) in [5, 5.41) is 11.7. The lowest BCUT2D eigenvalue weighted by molar-refractivity contribution is -0.00000862. The molecule has 0 saturated heterocycles. The average molecular weight is 522 g/mol. The molecule has 0 bridgehead atoms. The molecule has 0 heterocycles. The molecule has 1 aromatic carbocycles. The maximum absolute atomic E-state index is 10.3. The maximum Gasteiger partial charge on any atom is 0.186 e. The van der Waals surface area contributed by atoms with Crippen molar-refractivity contribution in [1.82, 2.24) is 0 Å². The number of unbranched alkanes of at least 4 members (excludes halogenated alkanes) is 3. The summed E-state index contributed by atoms with van der Waals surface area (Å²) in [6.45, 7) is 12.1. The standard InChI is InChI=1S/C24H45O3PSi.BrH/c1-7-10-17-28(18-11-8-2,19-12-9-3)24-21-22(25)14-15-23(24)27-16-13-20-29(5,6)26-4;/h14-15,21H,7-13,16-20H2,1-6H3;1H.